The van der Waals surface area contributed by atoms with E-state index in [1.807, 2.05) is 18.2 Å². The lowest BCUT2D eigenvalue weighted by Crippen LogP contribution is -2.52. The van der Waals surface area contributed by atoms with Crippen LogP contribution in [0.25, 0.3) is 11.0 Å². The fourth-order valence-electron chi connectivity index (χ4n) is 4.65. The molecule has 186 valence electrons. The number of ketones is 1. The molecule has 1 aromatic heterocycles. The monoisotopic (exact) mass is 492 g/mol. The number of imide groups is 1. The molecule has 2 saturated heterocycles. The molecule has 3 aromatic rings. The molecule has 4 amide bonds. The molecule has 0 saturated carbocycles. The van der Waals surface area contributed by atoms with E-state index in [0.717, 1.165) is 10.3 Å². The van der Waals surface area contributed by atoms with E-state index in [-0.39, 0.29) is 11.7 Å². The van der Waals surface area contributed by atoms with Crippen LogP contribution in [-0.4, -0.2) is 66.2 Å². The van der Waals surface area contributed by atoms with Crippen molar-refractivity contribution in [3.63, 3.8) is 0 Å². The molecule has 2 aliphatic heterocycles. The Morgan fingerprint density at radius 1 is 1.06 bits per heavy atom. The van der Waals surface area contributed by atoms with Gasteiger partial charge in [0.1, 0.15) is 23.7 Å². The number of rotatable bonds is 5. The summed E-state index contributed by atoms with van der Waals surface area (Å²) in [4.78, 5) is 54.6. The quantitative estimate of drug-likeness (QED) is 0.434. The molecule has 2 aliphatic rings. The zero-order chi connectivity index (χ0) is 25.6. The fourth-order valence-corrected chi connectivity index (χ4v) is 4.65. The predicted molar refractivity (Wildman–Crippen MR) is 129 cm³/mol. The number of anilines is 1. The van der Waals surface area contributed by atoms with E-state index in [1.165, 1.54) is 13.0 Å². The molecule has 0 unspecified atom stereocenters. The first-order chi connectivity index (χ1) is 17.2. The van der Waals surface area contributed by atoms with E-state index in [2.05, 4.69) is 5.32 Å². The van der Waals surface area contributed by atoms with Crippen LogP contribution in [0.4, 0.5) is 14.9 Å². The smallest absolute Gasteiger partial charge is 0.325 e. The SMILES string of the molecule is CC(=O)c1ccc(N2CCN(C(=O)CN3C(=O)N[C@](C)(c4cc5ccccc5o4)C3=O)CC2)c(F)c1. The first-order valence-corrected chi connectivity index (χ1v) is 11.6. The lowest BCUT2D eigenvalue weighted by Gasteiger charge is -2.36. The van der Waals surface area contributed by atoms with Crippen molar-refractivity contribution >= 4 is 40.3 Å². The van der Waals surface area contributed by atoms with E-state index in [1.54, 1.807) is 41.0 Å². The van der Waals surface area contributed by atoms with Crippen molar-refractivity contribution in [2.75, 3.05) is 37.6 Å². The first kappa shape index (κ1) is 23.5. The topological polar surface area (TPSA) is 103 Å². The van der Waals surface area contributed by atoms with Gasteiger partial charge in [0.25, 0.3) is 5.91 Å². The average molecular weight is 493 g/mol. The van der Waals surface area contributed by atoms with Crippen LogP contribution in [0.3, 0.4) is 0 Å². The lowest BCUT2D eigenvalue weighted by atomic mass is 9.99. The van der Waals surface area contributed by atoms with Gasteiger partial charge in [0.15, 0.2) is 11.3 Å². The number of carbonyl (C=O) groups is 4. The van der Waals surface area contributed by atoms with Crippen LogP contribution in [0, 0.1) is 5.82 Å². The number of carbonyl (C=O) groups excluding carboxylic acids is 4. The summed E-state index contributed by atoms with van der Waals surface area (Å²) < 4.78 is 20.3. The highest BCUT2D eigenvalue weighted by molar-refractivity contribution is 6.09. The molecule has 2 aromatic carbocycles. The van der Waals surface area contributed by atoms with Gasteiger partial charge in [0.2, 0.25) is 5.91 Å². The Morgan fingerprint density at radius 3 is 2.44 bits per heavy atom. The second kappa shape index (κ2) is 8.78. The number of nitrogens with one attached hydrogen (secondary N) is 1. The van der Waals surface area contributed by atoms with Gasteiger partial charge in [-0.3, -0.25) is 19.3 Å². The summed E-state index contributed by atoms with van der Waals surface area (Å²) in [6, 6.07) is 12.7. The summed E-state index contributed by atoms with van der Waals surface area (Å²) in [7, 11) is 0. The lowest BCUT2D eigenvalue weighted by molar-refractivity contribution is -0.139. The number of fused-ring (bicyclic) bond motifs is 1. The summed E-state index contributed by atoms with van der Waals surface area (Å²) in [5, 5.41) is 3.46. The van der Waals surface area contributed by atoms with Gasteiger partial charge in [0, 0.05) is 37.1 Å². The van der Waals surface area contributed by atoms with Crippen LogP contribution in [0.2, 0.25) is 0 Å². The number of Topliss-reactive ketones (excluding diaryl/α,β-unsaturated/α-hetero) is 1. The Bertz CT molecular complexity index is 1360. The standard InChI is InChI=1S/C26H25FN4O5/c1-16(32)17-7-8-20(19(27)13-17)29-9-11-30(12-10-29)23(33)15-31-24(34)26(2,28-25(31)35)22-14-18-5-3-4-6-21(18)36-22/h3-8,13-14H,9-12,15H2,1-2H3,(H,28,35)/t26-/m1/s1. The molecule has 10 heteroatoms. The normalized spacial score (nSPS) is 20.2. The Hall–Kier alpha value is -4.21. The number of hydrogen-bond donors (Lipinski definition) is 1. The van der Waals surface area contributed by atoms with Crippen molar-refractivity contribution in [2.45, 2.75) is 19.4 Å². The number of piperazine rings is 1. The zero-order valence-corrected chi connectivity index (χ0v) is 19.9. The molecule has 0 radical (unpaired) electrons. The molecule has 1 atom stereocenters. The summed E-state index contributed by atoms with van der Waals surface area (Å²) >= 11 is 0. The maximum Gasteiger partial charge on any atom is 0.325 e. The van der Waals surface area contributed by atoms with Gasteiger partial charge in [-0.15, -0.1) is 0 Å². The number of halogens is 1. The van der Waals surface area contributed by atoms with Crippen molar-refractivity contribution in [3.8, 4) is 0 Å². The number of amides is 4. The van der Waals surface area contributed by atoms with Crippen molar-refractivity contribution in [2.24, 2.45) is 0 Å². The van der Waals surface area contributed by atoms with Crippen LogP contribution >= 0.6 is 0 Å². The fraction of sp³-hybridized carbons (Fsp3) is 0.308. The van der Waals surface area contributed by atoms with Crippen molar-refractivity contribution in [3.05, 3.63) is 65.7 Å². The molecule has 0 aliphatic carbocycles. The van der Waals surface area contributed by atoms with Gasteiger partial charge in [-0.2, -0.15) is 0 Å². The van der Waals surface area contributed by atoms with Crippen molar-refractivity contribution in [1.82, 2.24) is 15.1 Å². The summed E-state index contributed by atoms with van der Waals surface area (Å²) in [5.74, 6) is -1.35. The number of nitrogens with zero attached hydrogens (tertiary/aromatic N) is 3. The minimum Gasteiger partial charge on any atom is -0.458 e. The second-order valence-corrected chi connectivity index (χ2v) is 9.19. The van der Waals surface area contributed by atoms with E-state index >= 15 is 0 Å². The first-order valence-electron chi connectivity index (χ1n) is 11.6. The molecule has 0 spiro atoms. The van der Waals surface area contributed by atoms with Gasteiger partial charge in [-0.25, -0.2) is 9.18 Å². The van der Waals surface area contributed by atoms with Crippen molar-refractivity contribution < 1.29 is 28.0 Å². The minimum absolute atomic E-state index is 0.215. The van der Waals surface area contributed by atoms with E-state index in [0.29, 0.717) is 48.8 Å². The van der Waals surface area contributed by atoms with Crippen LogP contribution < -0.4 is 10.2 Å². The van der Waals surface area contributed by atoms with Gasteiger partial charge in [0.05, 0.1) is 5.69 Å². The van der Waals surface area contributed by atoms with Gasteiger partial charge in [-0.1, -0.05) is 18.2 Å². The highest BCUT2D eigenvalue weighted by Gasteiger charge is 2.52. The molecule has 0 bridgehead atoms. The molecule has 3 heterocycles. The summed E-state index contributed by atoms with van der Waals surface area (Å²) in [6.45, 7) is 3.89. The van der Waals surface area contributed by atoms with Crippen LogP contribution in [0.1, 0.15) is 30.0 Å². The average Bonchev–Trinajstić information content (AvgIpc) is 3.40. The number of urea groups is 1. The van der Waals surface area contributed by atoms with E-state index in [4.69, 9.17) is 4.42 Å². The number of benzene rings is 2. The van der Waals surface area contributed by atoms with Gasteiger partial charge >= 0.3 is 6.03 Å². The number of para-hydroxylation sites is 1. The molecule has 9 nitrogen and oxygen atoms in total. The molecule has 1 N–H and O–H groups in total. The summed E-state index contributed by atoms with van der Waals surface area (Å²) in [5.41, 5.74) is -0.162. The highest BCUT2D eigenvalue weighted by Crippen LogP contribution is 2.33. The Kier molecular flexibility index (Phi) is 5.74. The Balaban J connectivity index is 1.24. The molecule has 36 heavy (non-hydrogen) atoms. The second-order valence-electron chi connectivity index (χ2n) is 9.19. The molecular formula is C26H25FN4O5. The van der Waals surface area contributed by atoms with Crippen molar-refractivity contribution in [1.29, 1.82) is 0 Å². The highest BCUT2D eigenvalue weighted by atomic mass is 19.1. The maximum atomic E-state index is 14.5. The number of furan rings is 1. The van der Waals surface area contributed by atoms with Gasteiger partial charge in [-0.05, 0) is 44.2 Å². The van der Waals surface area contributed by atoms with E-state index < -0.39 is 29.8 Å². The van der Waals surface area contributed by atoms with E-state index in [9.17, 15) is 23.6 Å². The van der Waals surface area contributed by atoms with Gasteiger partial charge < -0.3 is 19.5 Å². The molecule has 5 rings (SSSR count). The molecular weight excluding hydrogens is 467 g/mol. The van der Waals surface area contributed by atoms with Crippen LogP contribution in [0.5, 0.6) is 0 Å². The van der Waals surface area contributed by atoms with Crippen LogP contribution in [0.15, 0.2) is 52.9 Å². The Labute approximate surface area is 206 Å². The third-order valence-electron chi connectivity index (χ3n) is 6.81. The largest absolute Gasteiger partial charge is 0.458 e. The predicted octanol–water partition coefficient (Wildman–Crippen LogP) is 2.89. The summed E-state index contributed by atoms with van der Waals surface area (Å²) in [6.07, 6.45) is 0. The third-order valence-corrected chi connectivity index (χ3v) is 6.81. The van der Waals surface area contributed by atoms with Crippen LogP contribution in [-0.2, 0) is 15.1 Å². The Morgan fingerprint density at radius 2 is 1.78 bits per heavy atom. The zero-order valence-electron chi connectivity index (χ0n) is 19.9. The molecule has 2 fully saturated rings. The number of hydrogen-bond acceptors (Lipinski definition) is 6. The maximum absolute atomic E-state index is 14.5. The third kappa shape index (κ3) is 3.98. The minimum atomic E-state index is -1.42.